The van der Waals surface area contributed by atoms with E-state index in [1.807, 2.05) is 32.1 Å². The van der Waals surface area contributed by atoms with Gasteiger partial charge in [-0.2, -0.15) is 0 Å². The third kappa shape index (κ3) is 5.58. The Morgan fingerprint density at radius 2 is 1.70 bits per heavy atom. The van der Waals surface area contributed by atoms with Crippen LogP contribution in [0.3, 0.4) is 0 Å². The number of aliphatic carboxylic acids is 1. The highest BCUT2D eigenvalue weighted by molar-refractivity contribution is 6.30. The molecule has 0 radical (unpaired) electrons. The fourth-order valence-corrected chi connectivity index (χ4v) is 4.52. The largest absolute Gasteiger partial charge is 0.478 e. The first-order chi connectivity index (χ1) is 15.9. The van der Waals surface area contributed by atoms with Crippen molar-refractivity contribution in [3.8, 4) is 11.1 Å². The van der Waals surface area contributed by atoms with Gasteiger partial charge in [0.15, 0.2) is 0 Å². The van der Waals surface area contributed by atoms with Gasteiger partial charge in [0.1, 0.15) is 0 Å². The van der Waals surface area contributed by atoms with Crippen LogP contribution in [0, 0.1) is 0 Å². The summed E-state index contributed by atoms with van der Waals surface area (Å²) in [6.45, 7) is 11.3. The maximum atomic E-state index is 11.9. The first-order valence-electron chi connectivity index (χ1n) is 11.8. The van der Waals surface area contributed by atoms with Gasteiger partial charge in [-0.05, 0) is 91.4 Å². The van der Waals surface area contributed by atoms with Gasteiger partial charge in [-0.15, -0.1) is 0 Å². The SMILES string of the molecule is C=C1C=C(c2ccc(-c3cccc(CN4CCCCC4)c3)cc2)C=C(C(=O)O)C1=NC(C)C. The Kier molecular flexibility index (Phi) is 7.05. The number of hydrogen-bond acceptors (Lipinski definition) is 3. The van der Waals surface area contributed by atoms with Gasteiger partial charge >= 0.3 is 5.97 Å². The summed E-state index contributed by atoms with van der Waals surface area (Å²) >= 11 is 0. The molecule has 4 rings (SSSR count). The molecule has 4 nitrogen and oxygen atoms in total. The second-order valence-corrected chi connectivity index (χ2v) is 9.17. The minimum absolute atomic E-state index is 0.000546. The summed E-state index contributed by atoms with van der Waals surface area (Å²) in [5.74, 6) is -0.983. The Bertz CT molecular complexity index is 1130. The van der Waals surface area contributed by atoms with Crippen LogP contribution in [0.25, 0.3) is 16.7 Å². The Morgan fingerprint density at radius 1 is 1.00 bits per heavy atom. The zero-order valence-corrected chi connectivity index (χ0v) is 19.6. The molecule has 2 aromatic rings. The molecule has 1 saturated heterocycles. The number of aliphatic imine (C=N–C) groups is 1. The Labute approximate surface area is 196 Å². The fraction of sp³-hybridized carbons (Fsp3) is 0.310. The van der Waals surface area contributed by atoms with Crippen molar-refractivity contribution in [1.82, 2.24) is 4.90 Å². The van der Waals surface area contributed by atoms with E-state index >= 15 is 0 Å². The molecule has 1 heterocycles. The fourth-order valence-electron chi connectivity index (χ4n) is 4.52. The maximum absolute atomic E-state index is 11.9. The van der Waals surface area contributed by atoms with Crippen molar-refractivity contribution in [3.05, 3.63) is 89.5 Å². The van der Waals surface area contributed by atoms with Gasteiger partial charge in [0.25, 0.3) is 0 Å². The van der Waals surface area contributed by atoms with Gasteiger partial charge in [0.05, 0.1) is 11.3 Å². The lowest BCUT2D eigenvalue weighted by atomic mass is 9.89. The summed E-state index contributed by atoms with van der Waals surface area (Å²) in [7, 11) is 0. The molecule has 2 aliphatic rings. The molecular weight excluding hydrogens is 408 g/mol. The Hall–Kier alpha value is -3.24. The number of piperidine rings is 1. The number of hydrogen-bond donors (Lipinski definition) is 1. The van der Waals surface area contributed by atoms with E-state index in [1.165, 1.54) is 43.5 Å². The predicted octanol–water partition coefficient (Wildman–Crippen LogP) is 6.15. The van der Waals surface area contributed by atoms with Crippen molar-refractivity contribution in [2.75, 3.05) is 13.1 Å². The summed E-state index contributed by atoms with van der Waals surface area (Å²) in [6, 6.07) is 17.1. The van der Waals surface area contributed by atoms with Gasteiger partial charge in [-0.25, -0.2) is 4.79 Å². The van der Waals surface area contributed by atoms with E-state index in [0.29, 0.717) is 11.3 Å². The quantitative estimate of drug-likeness (QED) is 0.586. The molecule has 170 valence electrons. The molecule has 2 aromatic carbocycles. The minimum atomic E-state index is -0.983. The lowest BCUT2D eigenvalue weighted by Gasteiger charge is -2.26. The van der Waals surface area contributed by atoms with E-state index < -0.39 is 5.97 Å². The van der Waals surface area contributed by atoms with E-state index in [9.17, 15) is 9.90 Å². The van der Waals surface area contributed by atoms with Crippen LogP contribution in [0.2, 0.25) is 0 Å². The first kappa shape index (κ1) is 22.9. The van der Waals surface area contributed by atoms with Gasteiger partial charge in [0, 0.05) is 12.6 Å². The van der Waals surface area contributed by atoms with E-state index in [1.54, 1.807) is 6.08 Å². The number of rotatable bonds is 6. The van der Waals surface area contributed by atoms with Crippen molar-refractivity contribution in [3.63, 3.8) is 0 Å². The van der Waals surface area contributed by atoms with Crippen molar-refractivity contribution in [1.29, 1.82) is 0 Å². The molecule has 0 amide bonds. The molecule has 1 N–H and O–H groups in total. The van der Waals surface area contributed by atoms with Gasteiger partial charge < -0.3 is 5.11 Å². The smallest absolute Gasteiger partial charge is 0.337 e. The van der Waals surface area contributed by atoms with Crippen LogP contribution in [0.15, 0.2) is 83.4 Å². The van der Waals surface area contributed by atoms with Crippen molar-refractivity contribution in [2.45, 2.75) is 45.7 Å². The minimum Gasteiger partial charge on any atom is -0.478 e. The summed E-state index contributed by atoms with van der Waals surface area (Å²) < 4.78 is 0. The van der Waals surface area contributed by atoms with E-state index in [4.69, 9.17) is 0 Å². The van der Waals surface area contributed by atoms with Crippen molar-refractivity contribution >= 4 is 17.3 Å². The standard InChI is InChI=1S/C29H32N2O2/c1-20(2)30-28-21(3)16-26(18-27(28)29(32)33)24-12-10-23(11-13-24)25-9-7-8-22(17-25)19-31-14-5-4-6-15-31/h7-13,16-18,20H,3-6,14-15,19H2,1-2H3,(H,32,33). The van der Waals surface area contributed by atoms with Crippen LogP contribution < -0.4 is 0 Å². The van der Waals surface area contributed by atoms with Gasteiger partial charge in [-0.1, -0.05) is 55.5 Å². The highest BCUT2D eigenvalue weighted by Crippen LogP contribution is 2.29. The molecule has 0 aromatic heterocycles. The number of carbonyl (C=O) groups is 1. The molecule has 4 heteroatoms. The average Bonchev–Trinajstić information content (AvgIpc) is 2.81. The number of nitrogens with zero attached hydrogens (tertiary/aromatic N) is 2. The van der Waals surface area contributed by atoms with E-state index in [0.717, 1.165) is 23.2 Å². The monoisotopic (exact) mass is 440 g/mol. The topological polar surface area (TPSA) is 52.9 Å². The molecule has 0 atom stereocenters. The molecule has 33 heavy (non-hydrogen) atoms. The van der Waals surface area contributed by atoms with Crippen LogP contribution in [0.4, 0.5) is 0 Å². The van der Waals surface area contributed by atoms with Gasteiger partial charge in [-0.3, -0.25) is 9.89 Å². The number of carboxylic acids is 1. The molecule has 1 aliphatic heterocycles. The number of likely N-dealkylation sites (tertiary alicyclic amines) is 1. The molecule has 0 unspecified atom stereocenters. The number of carboxylic acid groups (broad SMARTS) is 1. The number of benzene rings is 2. The molecule has 0 saturated carbocycles. The van der Waals surface area contributed by atoms with Crippen LogP contribution >= 0.6 is 0 Å². The van der Waals surface area contributed by atoms with Crippen molar-refractivity contribution in [2.24, 2.45) is 4.99 Å². The average molecular weight is 441 g/mol. The molecule has 1 aliphatic carbocycles. The predicted molar refractivity (Wildman–Crippen MR) is 136 cm³/mol. The molecular formula is C29H32N2O2. The van der Waals surface area contributed by atoms with Crippen LogP contribution in [-0.4, -0.2) is 40.8 Å². The van der Waals surface area contributed by atoms with Gasteiger partial charge in [0.2, 0.25) is 0 Å². The van der Waals surface area contributed by atoms with E-state index in [-0.39, 0.29) is 11.6 Å². The highest BCUT2D eigenvalue weighted by atomic mass is 16.4. The summed E-state index contributed by atoms with van der Waals surface area (Å²) in [5.41, 5.74) is 6.79. The Morgan fingerprint density at radius 3 is 2.36 bits per heavy atom. The second kappa shape index (κ2) is 10.1. The zero-order chi connectivity index (χ0) is 23.4. The highest BCUT2D eigenvalue weighted by Gasteiger charge is 2.22. The number of allylic oxidation sites excluding steroid dienone is 4. The van der Waals surface area contributed by atoms with Crippen molar-refractivity contribution < 1.29 is 9.90 Å². The molecule has 0 bridgehead atoms. The first-order valence-corrected chi connectivity index (χ1v) is 11.8. The lowest BCUT2D eigenvalue weighted by Crippen LogP contribution is -2.29. The maximum Gasteiger partial charge on any atom is 0.337 e. The third-order valence-corrected chi connectivity index (χ3v) is 6.14. The third-order valence-electron chi connectivity index (χ3n) is 6.14. The molecule has 0 spiro atoms. The molecule has 1 fully saturated rings. The summed E-state index contributed by atoms with van der Waals surface area (Å²) in [5, 5.41) is 9.72. The van der Waals surface area contributed by atoms with Crippen LogP contribution in [-0.2, 0) is 11.3 Å². The second-order valence-electron chi connectivity index (χ2n) is 9.17. The lowest BCUT2D eigenvalue weighted by molar-refractivity contribution is -0.132. The summed E-state index contributed by atoms with van der Waals surface area (Å²) in [6.07, 6.45) is 7.56. The van der Waals surface area contributed by atoms with E-state index in [2.05, 4.69) is 52.9 Å². The zero-order valence-electron chi connectivity index (χ0n) is 19.6. The van der Waals surface area contributed by atoms with Crippen LogP contribution in [0.5, 0.6) is 0 Å². The normalized spacial score (nSPS) is 18.4. The van der Waals surface area contributed by atoms with Crippen LogP contribution in [0.1, 0.15) is 44.2 Å². The summed E-state index contributed by atoms with van der Waals surface area (Å²) in [4.78, 5) is 18.9. The Balaban J connectivity index is 1.56.